The highest BCUT2D eigenvalue weighted by Gasteiger charge is 2.33. The number of nitrogens with zero attached hydrogens (tertiary/aromatic N) is 1. The maximum atomic E-state index is 13.9. The molecule has 0 unspecified atom stereocenters. The second-order valence-corrected chi connectivity index (χ2v) is 7.07. The Morgan fingerprint density at radius 1 is 1.24 bits per heavy atom. The summed E-state index contributed by atoms with van der Waals surface area (Å²) in [6.45, 7) is 2.60. The molecule has 4 rings (SSSR count). The smallest absolute Gasteiger partial charge is 0.322 e. The van der Waals surface area contributed by atoms with Gasteiger partial charge in [-0.1, -0.05) is 12.1 Å². The Bertz CT molecular complexity index is 1110. The lowest BCUT2D eigenvalue weighted by atomic mass is 10.1. The number of anilines is 1. The zero-order chi connectivity index (χ0) is 20.4. The van der Waals surface area contributed by atoms with Gasteiger partial charge in [0.2, 0.25) is 0 Å². The van der Waals surface area contributed by atoms with Crippen LogP contribution in [-0.4, -0.2) is 28.6 Å². The van der Waals surface area contributed by atoms with Crippen molar-refractivity contribution in [1.82, 2.24) is 9.88 Å². The zero-order valence-corrected chi connectivity index (χ0v) is 16.1. The Hall–Kier alpha value is -3.35. The highest BCUT2D eigenvalue weighted by atomic mass is 19.1. The molecule has 1 aromatic heterocycles. The number of halogens is 1. The first-order chi connectivity index (χ1) is 14.0. The van der Waals surface area contributed by atoms with Gasteiger partial charge in [0.1, 0.15) is 11.6 Å². The first-order valence-electron chi connectivity index (χ1n) is 9.66. The molecule has 1 saturated carbocycles. The second kappa shape index (κ2) is 7.95. The summed E-state index contributed by atoms with van der Waals surface area (Å²) in [5.74, 6) is 0.220. The van der Waals surface area contributed by atoms with Crippen LogP contribution in [-0.2, 0) is 6.54 Å². The van der Waals surface area contributed by atoms with E-state index in [1.54, 1.807) is 35.2 Å². The fourth-order valence-corrected chi connectivity index (χ4v) is 3.29. The molecule has 0 bridgehead atoms. The molecule has 2 aromatic carbocycles. The third-order valence-electron chi connectivity index (χ3n) is 4.91. The molecule has 29 heavy (non-hydrogen) atoms. The summed E-state index contributed by atoms with van der Waals surface area (Å²) in [5, 5.41) is 3.44. The molecule has 0 radical (unpaired) electrons. The fourth-order valence-electron chi connectivity index (χ4n) is 3.29. The predicted molar refractivity (Wildman–Crippen MR) is 110 cm³/mol. The maximum absolute atomic E-state index is 13.9. The van der Waals surface area contributed by atoms with Crippen LogP contribution >= 0.6 is 0 Å². The lowest BCUT2D eigenvalue weighted by molar-refractivity contribution is 0.206. The van der Waals surface area contributed by atoms with E-state index in [1.165, 1.54) is 12.1 Å². The number of pyridine rings is 1. The number of para-hydroxylation sites is 1. The van der Waals surface area contributed by atoms with E-state index < -0.39 is 11.8 Å². The minimum Gasteiger partial charge on any atom is -0.494 e. The Morgan fingerprint density at radius 2 is 2.03 bits per heavy atom. The Balaban J connectivity index is 1.60. The van der Waals surface area contributed by atoms with Gasteiger partial charge in [0, 0.05) is 22.5 Å². The van der Waals surface area contributed by atoms with Gasteiger partial charge in [0.25, 0.3) is 5.56 Å². The number of ether oxygens (including phenoxy) is 1. The van der Waals surface area contributed by atoms with Crippen molar-refractivity contribution in [2.24, 2.45) is 0 Å². The molecule has 1 aliphatic rings. The third kappa shape index (κ3) is 4.23. The molecule has 0 spiro atoms. The summed E-state index contributed by atoms with van der Waals surface area (Å²) < 4.78 is 19.4. The van der Waals surface area contributed by atoms with Crippen LogP contribution in [0.4, 0.5) is 14.9 Å². The van der Waals surface area contributed by atoms with Gasteiger partial charge < -0.3 is 19.9 Å². The molecule has 1 aliphatic carbocycles. The van der Waals surface area contributed by atoms with Gasteiger partial charge in [-0.3, -0.25) is 4.79 Å². The lowest BCUT2D eigenvalue weighted by Crippen LogP contribution is -2.38. The Kier molecular flexibility index (Phi) is 5.20. The summed E-state index contributed by atoms with van der Waals surface area (Å²) in [4.78, 5) is 29.8. The van der Waals surface area contributed by atoms with Gasteiger partial charge >= 0.3 is 6.03 Å². The second-order valence-electron chi connectivity index (χ2n) is 7.07. The van der Waals surface area contributed by atoms with Crippen LogP contribution in [0.15, 0.2) is 53.3 Å². The van der Waals surface area contributed by atoms with E-state index in [1.807, 2.05) is 13.0 Å². The molecule has 3 aromatic rings. The summed E-state index contributed by atoms with van der Waals surface area (Å²) in [6.07, 6.45) is 1.73. The van der Waals surface area contributed by atoms with E-state index >= 15 is 0 Å². The summed E-state index contributed by atoms with van der Waals surface area (Å²) in [7, 11) is 0. The molecule has 0 saturated heterocycles. The SMILES string of the molecule is CCOc1ccc2[nH]c(=O)c(CN(C(=O)Nc3ccccc3F)C3CC3)cc2c1. The van der Waals surface area contributed by atoms with Crippen molar-refractivity contribution in [2.45, 2.75) is 32.4 Å². The minimum atomic E-state index is -0.497. The monoisotopic (exact) mass is 395 g/mol. The maximum Gasteiger partial charge on any atom is 0.322 e. The van der Waals surface area contributed by atoms with Crippen LogP contribution in [0.2, 0.25) is 0 Å². The van der Waals surface area contributed by atoms with E-state index in [9.17, 15) is 14.0 Å². The zero-order valence-electron chi connectivity index (χ0n) is 16.1. The summed E-state index contributed by atoms with van der Waals surface area (Å²) >= 11 is 0. The van der Waals surface area contributed by atoms with Crippen LogP contribution in [0, 0.1) is 5.82 Å². The van der Waals surface area contributed by atoms with Crippen molar-refractivity contribution >= 4 is 22.6 Å². The van der Waals surface area contributed by atoms with Gasteiger partial charge in [-0.2, -0.15) is 0 Å². The van der Waals surface area contributed by atoms with Crippen molar-refractivity contribution in [3.8, 4) is 5.75 Å². The standard InChI is InChI=1S/C22H22FN3O3/c1-2-29-17-9-10-19-14(12-17)11-15(21(27)24-19)13-26(16-7-8-16)22(28)25-20-6-4-3-5-18(20)23/h3-6,9-12,16H,2,7-8,13H2,1H3,(H,24,27)(H,25,28). The van der Waals surface area contributed by atoms with E-state index in [2.05, 4.69) is 10.3 Å². The van der Waals surface area contributed by atoms with E-state index in [-0.39, 0.29) is 23.8 Å². The number of carbonyl (C=O) groups is 1. The molecule has 7 heteroatoms. The van der Waals surface area contributed by atoms with E-state index in [0.29, 0.717) is 23.4 Å². The average Bonchev–Trinajstić information content (AvgIpc) is 3.53. The third-order valence-corrected chi connectivity index (χ3v) is 4.91. The first kappa shape index (κ1) is 19.0. The molecule has 2 amide bonds. The fraction of sp³-hybridized carbons (Fsp3) is 0.273. The molecule has 0 atom stereocenters. The largest absolute Gasteiger partial charge is 0.494 e. The summed E-state index contributed by atoms with van der Waals surface area (Å²) in [5.41, 5.74) is 1.06. The first-order valence-corrected chi connectivity index (χ1v) is 9.66. The van der Waals surface area contributed by atoms with Crippen molar-refractivity contribution in [3.05, 3.63) is 70.3 Å². The van der Waals surface area contributed by atoms with Crippen molar-refractivity contribution in [2.75, 3.05) is 11.9 Å². The van der Waals surface area contributed by atoms with Gasteiger partial charge in [0.15, 0.2) is 0 Å². The number of aromatic amines is 1. The topological polar surface area (TPSA) is 74.4 Å². The summed E-state index contributed by atoms with van der Waals surface area (Å²) in [6, 6.07) is 12.9. The van der Waals surface area contributed by atoms with Crippen molar-refractivity contribution in [3.63, 3.8) is 0 Å². The quantitative estimate of drug-likeness (QED) is 0.655. The van der Waals surface area contributed by atoms with Crippen molar-refractivity contribution < 1.29 is 13.9 Å². The van der Waals surface area contributed by atoms with Crippen molar-refractivity contribution in [1.29, 1.82) is 0 Å². The number of hydrogen-bond donors (Lipinski definition) is 2. The molecule has 1 fully saturated rings. The molecule has 2 N–H and O–H groups in total. The number of fused-ring (bicyclic) bond motifs is 1. The molecule has 1 heterocycles. The van der Waals surface area contributed by atoms with Gasteiger partial charge in [-0.25, -0.2) is 9.18 Å². The molecular weight excluding hydrogens is 373 g/mol. The molecule has 0 aliphatic heterocycles. The van der Waals surface area contributed by atoms with Gasteiger partial charge in [0.05, 0.1) is 18.8 Å². The Labute approximate surface area is 167 Å². The number of H-pyrrole nitrogens is 1. The highest BCUT2D eigenvalue weighted by Crippen LogP contribution is 2.29. The number of rotatable bonds is 6. The van der Waals surface area contributed by atoms with Gasteiger partial charge in [-0.05, 0) is 56.2 Å². The number of carbonyl (C=O) groups excluding carboxylic acids is 1. The number of benzene rings is 2. The molecule has 150 valence electrons. The van der Waals surface area contributed by atoms with Crippen LogP contribution in [0.5, 0.6) is 5.75 Å². The number of nitrogens with one attached hydrogen (secondary N) is 2. The average molecular weight is 395 g/mol. The van der Waals surface area contributed by atoms with E-state index in [0.717, 1.165) is 18.2 Å². The highest BCUT2D eigenvalue weighted by molar-refractivity contribution is 5.90. The Morgan fingerprint density at radius 3 is 2.76 bits per heavy atom. The van der Waals surface area contributed by atoms with Crippen LogP contribution in [0.3, 0.4) is 0 Å². The van der Waals surface area contributed by atoms with Gasteiger partial charge in [-0.15, -0.1) is 0 Å². The number of urea groups is 1. The van der Waals surface area contributed by atoms with Crippen LogP contribution in [0.25, 0.3) is 10.9 Å². The number of hydrogen-bond acceptors (Lipinski definition) is 3. The minimum absolute atomic E-state index is 0.0478. The van der Waals surface area contributed by atoms with E-state index in [4.69, 9.17) is 4.74 Å². The number of aromatic nitrogens is 1. The lowest BCUT2D eigenvalue weighted by Gasteiger charge is -2.23. The number of amides is 2. The van der Waals surface area contributed by atoms with Crippen LogP contribution < -0.4 is 15.6 Å². The molecule has 6 nitrogen and oxygen atoms in total. The molecular formula is C22H22FN3O3. The van der Waals surface area contributed by atoms with Crippen LogP contribution in [0.1, 0.15) is 25.3 Å². The normalized spacial score (nSPS) is 13.3. The predicted octanol–water partition coefficient (Wildman–Crippen LogP) is 4.26.